The first kappa shape index (κ1) is 19.7. The summed E-state index contributed by atoms with van der Waals surface area (Å²) in [5, 5.41) is 10.2. The number of hydrogen-bond donors (Lipinski definition) is 2. The quantitative estimate of drug-likeness (QED) is 0.858. The molecule has 6 heteroatoms. The van der Waals surface area contributed by atoms with E-state index in [9.17, 15) is 9.59 Å². The van der Waals surface area contributed by atoms with Crippen molar-refractivity contribution in [2.45, 2.75) is 59.9 Å². The fourth-order valence-corrected chi connectivity index (χ4v) is 2.67. The van der Waals surface area contributed by atoms with Gasteiger partial charge in [0.15, 0.2) is 5.69 Å². The average molecular weight is 356 g/mol. The zero-order valence-electron chi connectivity index (χ0n) is 16.6. The maximum atomic E-state index is 12.7. The van der Waals surface area contributed by atoms with Gasteiger partial charge in [-0.15, -0.1) is 0 Å². The standard InChI is InChI=1S/C20H28N4O2/c1-12(2)18-11-17(23-24(18)20(5,6)7)19(26)22-15-9-8-13(3)16(10-15)21-14(4)25/h8-12H,1-7H3,(H,21,25)(H,22,26). The molecule has 0 aliphatic carbocycles. The van der Waals surface area contributed by atoms with Gasteiger partial charge in [0.05, 0.1) is 5.54 Å². The third-order valence-electron chi connectivity index (χ3n) is 4.00. The SMILES string of the molecule is CC(=O)Nc1cc(NC(=O)c2cc(C(C)C)n(C(C)(C)C)n2)ccc1C. The highest BCUT2D eigenvalue weighted by molar-refractivity contribution is 6.03. The summed E-state index contributed by atoms with van der Waals surface area (Å²) in [6, 6.07) is 7.25. The van der Waals surface area contributed by atoms with Crippen LogP contribution < -0.4 is 10.6 Å². The van der Waals surface area contributed by atoms with Gasteiger partial charge in [0.2, 0.25) is 5.91 Å². The number of carbonyl (C=O) groups is 2. The first-order valence-corrected chi connectivity index (χ1v) is 8.79. The van der Waals surface area contributed by atoms with Gasteiger partial charge in [-0.1, -0.05) is 19.9 Å². The van der Waals surface area contributed by atoms with Crippen LogP contribution in [-0.2, 0) is 10.3 Å². The minimum absolute atomic E-state index is 0.151. The number of benzene rings is 1. The highest BCUT2D eigenvalue weighted by Gasteiger charge is 2.23. The Kier molecular flexibility index (Phi) is 5.54. The van der Waals surface area contributed by atoms with Crippen molar-refractivity contribution in [2.75, 3.05) is 10.6 Å². The van der Waals surface area contributed by atoms with E-state index in [-0.39, 0.29) is 23.3 Å². The monoisotopic (exact) mass is 356 g/mol. The Morgan fingerprint density at radius 3 is 2.27 bits per heavy atom. The number of rotatable bonds is 4. The maximum Gasteiger partial charge on any atom is 0.276 e. The molecular formula is C20H28N4O2. The van der Waals surface area contributed by atoms with Crippen LogP contribution >= 0.6 is 0 Å². The Bertz CT molecular complexity index is 829. The van der Waals surface area contributed by atoms with Crippen LogP contribution in [0, 0.1) is 6.92 Å². The van der Waals surface area contributed by atoms with E-state index in [0.29, 0.717) is 17.1 Å². The van der Waals surface area contributed by atoms with Gasteiger partial charge in [-0.25, -0.2) is 0 Å². The van der Waals surface area contributed by atoms with Gasteiger partial charge in [0.1, 0.15) is 0 Å². The molecule has 0 radical (unpaired) electrons. The van der Waals surface area contributed by atoms with Crippen LogP contribution in [0.15, 0.2) is 24.3 Å². The molecular weight excluding hydrogens is 328 g/mol. The van der Waals surface area contributed by atoms with Gasteiger partial charge < -0.3 is 10.6 Å². The predicted octanol–water partition coefficient (Wildman–Crippen LogP) is 4.28. The number of nitrogens with one attached hydrogen (secondary N) is 2. The normalized spacial score (nSPS) is 11.5. The van der Waals surface area contributed by atoms with Crippen molar-refractivity contribution >= 4 is 23.2 Å². The lowest BCUT2D eigenvalue weighted by Gasteiger charge is -2.23. The fourth-order valence-electron chi connectivity index (χ4n) is 2.67. The van der Waals surface area contributed by atoms with Crippen LogP contribution in [0.2, 0.25) is 0 Å². The van der Waals surface area contributed by atoms with Crippen molar-refractivity contribution in [1.82, 2.24) is 9.78 Å². The molecule has 1 heterocycles. The van der Waals surface area contributed by atoms with E-state index in [0.717, 1.165) is 11.3 Å². The molecule has 0 aliphatic heterocycles. The Hall–Kier alpha value is -2.63. The number of hydrogen-bond acceptors (Lipinski definition) is 3. The number of aromatic nitrogens is 2. The van der Waals surface area contributed by atoms with Crippen molar-refractivity contribution in [3.05, 3.63) is 41.2 Å². The summed E-state index contributed by atoms with van der Waals surface area (Å²) in [4.78, 5) is 24.0. The summed E-state index contributed by atoms with van der Waals surface area (Å²) in [5.74, 6) is -0.163. The van der Waals surface area contributed by atoms with Crippen LogP contribution in [0.1, 0.15) is 69.2 Å². The first-order chi connectivity index (χ1) is 12.0. The molecule has 26 heavy (non-hydrogen) atoms. The molecule has 0 fully saturated rings. The minimum atomic E-state index is -0.271. The smallest absolute Gasteiger partial charge is 0.276 e. The Labute approximate surface area is 155 Å². The van der Waals surface area contributed by atoms with Gasteiger partial charge in [0.25, 0.3) is 5.91 Å². The second-order valence-electron chi connectivity index (χ2n) is 7.86. The van der Waals surface area contributed by atoms with Gasteiger partial charge in [-0.3, -0.25) is 14.3 Å². The van der Waals surface area contributed by atoms with E-state index in [2.05, 4.69) is 50.4 Å². The lowest BCUT2D eigenvalue weighted by Crippen LogP contribution is -2.26. The Morgan fingerprint density at radius 2 is 1.77 bits per heavy atom. The molecule has 2 rings (SSSR count). The zero-order valence-corrected chi connectivity index (χ0v) is 16.6. The summed E-state index contributed by atoms with van der Waals surface area (Å²) >= 11 is 0. The number of aryl methyl sites for hydroxylation is 1. The summed E-state index contributed by atoms with van der Waals surface area (Å²) in [6.45, 7) is 13.7. The number of carbonyl (C=O) groups excluding carboxylic acids is 2. The lowest BCUT2D eigenvalue weighted by atomic mass is 10.1. The molecule has 0 unspecified atom stereocenters. The molecule has 2 amide bonds. The summed E-state index contributed by atoms with van der Waals surface area (Å²) in [7, 11) is 0. The third kappa shape index (κ3) is 4.50. The molecule has 0 bridgehead atoms. The van der Waals surface area contributed by atoms with Crippen molar-refractivity contribution in [1.29, 1.82) is 0 Å². The molecule has 2 aromatic rings. The maximum absolute atomic E-state index is 12.7. The molecule has 0 saturated carbocycles. The zero-order chi connectivity index (χ0) is 19.6. The summed E-state index contributed by atoms with van der Waals surface area (Å²) < 4.78 is 1.91. The topological polar surface area (TPSA) is 76.0 Å². The number of nitrogens with zero attached hydrogens (tertiary/aromatic N) is 2. The second-order valence-corrected chi connectivity index (χ2v) is 7.86. The predicted molar refractivity (Wildman–Crippen MR) is 105 cm³/mol. The Morgan fingerprint density at radius 1 is 1.12 bits per heavy atom. The van der Waals surface area contributed by atoms with E-state index in [4.69, 9.17) is 0 Å². The fraction of sp³-hybridized carbons (Fsp3) is 0.450. The van der Waals surface area contributed by atoms with Crippen LogP contribution in [0.3, 0.4) is 0 Å². The lowest BCUT2D eigenvalue weighted by molar-refractivity contribution is -0.114. The van der Waals surface area contributed by atoms with Gasteiger partial charge in [0, 0.05) is 24.0 Å². The van der Waals surface area contributed by atoms with Crippen molar-refractivity contribution in [2.24, 2.45) is 0 Å². The summed E-state index contributed by atoms with van der Waals surface area (Å²) in [6.07, 6.45) is 0. The molecule has 6 nitrogen and oxygen atoms in total. The average Bonchev–Trinajstić information content (AvgIpc) is 2.96. The molecule has 0 saturated heterocycles. The van der Waals surface area contributed by atoms with E-state index in [1.807, 2.05) is 29.8 Å². The molecule has 1 aromatic carbocycles. The van der Waals surface area contributed by atoms with Gasteiger partial charge >= 0.3 is 0 Å². The Balaban J connectivity index is 2.29. The largest absolute Gasteiger partial charge is 0.326 e. The van der Waals surface area contributed by atoms with Crippen molar-refractivity contribution < 1.29 is 9.59 Å². The molecule has 2 N–H and O–H groups in total. The van der Waals surface area contributed by atoms with E-state index in [1.54, 1.807) is 6.07 Å². The molecule has 1 aromatic heterocycles. The molecule has 140 valence electrons. The number of anilines is 2. The van der Waals surface area contributed by atoms with E-state index < -0.39 is 0 Å². The molecule has 0 spiro atoms. The van der Waals surface area contributed by atoms with E-state index in [1.165, 1.54) is 6.92 Å². The van der Waals surface area contributed by atoms with Crippen LogP contribution in [0.4, 0.5) is 11.4 Å². The third-order valence-corrected chi connectivity index (χ3v) is 4.00. The summed E-state index contributed by atoms with van der Waals surface area (Å²) in [5.41, 5.74) is 3.41. The van der Waals surface area contributed by atoms with Crippen molar-refractivity contribution in [3.8, 4) is 0 Å². The molecule has 0 aliphatic rings. The second kappa shape index (κ2) is 7.32. The van der Waals surface area contributed by atoms with Crippen molar-refractivity contribution in [3.63, 3.8) is 0 Å². The number of amides is 2. The molecule has 0 atom stereocenters. The van der Waals surface area contributed by atoms with Gasteiger partial charge in [-0.2, -0.15) is 5.10 Å². The minimum Gasteiger partial charge on any atom is -0.326 e. The highest BCUT2D eigenvalue weighted by atomic mass is 16.2. The highest BCUT2D eigenvalue weighted by Crippen LogP contribution is 2.25. The van der Waals surface area contributed by atoms with Crippen LogP contribution in [0.25, 0.3) is 0 Å². The van der Waals surface area contributed by atoms with Gasteiger partial charge in [-0.05, 0) is 57.4 Å². The van der Waals surface area contributed by atoms with Crippen LogP contribution in [-0.4, -0.2) is 21.6 Å². The van der Waals surface area contributed by atoms with E-state index >= 15 is 0 Å². The first-order valence-electron chi connectivity index (χ1n) is 8.79. The van der Waals surface area contributed by atoms with Crippen LogP contribution in [0.5, 0.6) is 0 Å².